The van der Waals surface area contributed by atoms with E-state index in [1.807, 2.05) is 94.6 Å². The number of aryl methyl sites for hydroxylation is 2. The van der Waals surface area contributed by atoms with Gasteiger partial charge in [-0.25, -0.2) is 0 Å². The maximum Gasteiger partial charge on any atom is -0.0534 e. The Hall–Kier alpha value is -2.90. The number of hydrogen-bond acceptors (Lipinski definition) is 2. The number of rotatable bonds is 13. The third-order valence-electron chi connectivity index (χ3n) is 9.23. The number of imidazole rings is 2. The Morgan fingerprint density at radius 1 is 0.518 bits per heavy atom. The van der Waals surface area contributed by atoms with Crippen LogP contribution in [0, 0.1) is 37.3 Å². The van der Waals surface area contributed by atoms with E-state index in [0.717, 1.165) is 83.4 Å². The normalized spacial score (nSPS) is 13.8. The number of hydrogen-bond donors (Lipinski definition) is 2. The summed E-state index contributed by atoms with van der Waals surface area (Å²) in [6.45, 7) is 2.46. The average molecular weight is 1130 g/mol. The van der Waals surface area contributed by atoms with Crippen LogP contribution in [-0.2, 0) is 74.5 Å². The minimum Gasteiger partial charge on any atom is -0.675 e. The quantitative estimate of drug-likeness (QED) is 0.102. The zero-order chi connectivity index (χ0) is 37.0. The van der Waals surface area contributed by atoms with Gasteiger partial charge >= 0.3 is 245 Å². The number of aromatic nitrogens is 4. The van der Waals surface area contributed by atoms with Crippen molar-refractivity contribution in [2.24, 2.45) is 0 Å². The number of unbranched alkanes of at least 4 members (excludes halogenated alkanes) is 3. The molecule has 2 aromatic heterocycles. The Bertz CT molecular complexity index is 1590. The van der Waals surface area contributed by atoms with Crippen molar-refractivity contribution < 1.29 is 48.3 Å². The molecular formula is C44H68N8O2Pt2-6. The van der Waals surface area contributed by atoms with E-state index in [9.17, 15) is 9.59 Å². The number of carbonyl (C=O) groups excluding carboxylic acids is 2. The van der Waals surface area contributed by atoms with Crippen molar-refractivity contribution in [3.8, 4) is 0 Å². The fourth-order valence-corrected chi connectivity index (χ4v) is 7.85. The first-order valence-corrected chi connectivity index (χ1v) is 21.1. The first-order valence-electron chi connectivity index (χ1n) is 18.8. The number of para-hydroxylation sites is 2. The van der Waals surface area contributed by atoms with E-state index in [1.165, 1.54) is 38.5 Å². The monoisotopic (exact) mass is 1130 g/mol. The maximum absolute atomic E-state index is 12.4. The first-order chi connectivity index (χ1) is 25.3. The summed E-state index contributed by atoms with van der Waals surface area (Å²) in [5, 5.41) is 5.87. The molecule has 0 saturated heterocycles. The summed E-state index contributed by atoms with van der Waals surface area (Å²) >= 11 is 4.58. The van der Waals surface area contributed by atoms with Crippen molar-refractivity contribution in [3.05, 3.63) is 134 Å². The molecule has 322 valence electrons. The van der Waals surface area contributed by atoms with Crippen molar-refractivity contribution >= 4 is 23.2 Å². The van der Waals surface area contributed by atoms with Gasteiger partial charge in [-0.15, -0.1) is 12.1 Å². The molecule has 0 unspecified atom stereocenters. The summed E-state index contributed by atoms with van der Waals surface area (Å²) in [6, 6.07) is 19.6. The molecule has 2 fully saturated rings. The molecule has 4 N–H and O–H groups in total. The zero-order valence-corrected chi connectivity index (χ0v) is 38.7. The van der Waals surface area contributed by atoms with Crippen LogP contribution in [0.4, 0.5) is 11.4 Å². The number of nitrogens with zero attached hydrogens (tertiary/aromatic N) is 4. The van der Waals surface area contributed by atoms with Gasteiger partial charge in [-0.1, -0.05) is 64.2 Å². The first kappa shape index (κ1) is 53.1. The van der Waals surface area contributed by atoms with Gasteiger partial charge in [-0.05, 0) is 0 Å². The van der Waals surface area contributed by atoms with E-state index < -0.39 is 0 Å². The van der Waals surface area contributed by atoms with Gasteiger partial charge in [0.25, 0.3) is 0 Å². The molecule has 2 heterocycles. The van der Waals surface area contributed by atoms with Gasteiger partial charge in [0.15, 0.2) is 0 Å². The maximum atomic E-state index is 12.4. The van der Waals surface area contributed by atoms with Crippen molar-refractivity contribution in [1.29, 1.82) is 0 Å². The van der Waals surface area contributed by atoms with Crippen LogP contribution in [0.2, 0.25) is 0 Å². The fraction of sp³-hybridized carbons (Fsp3) is 0.455. The Morgan fingerprint density at radius 2 is 0.839 bits per heavy atom. The second-order valence-corrected chi connectivity index (χ2v) is 15.7. The SMILES string of the molecule is O=C(Cn1ccn(CCCCCCn2ccn(CC(=O)Nc3ccccc3)[c]2=[Pt])[c]1=[Pt])Nc1ccccc1.[CH3-].[CH3-].[CH3-].[CH3-].[NH-]C1CCCCC1.[NH-]C1CCCCC1. The fourth-order valence-electron chi connectivity index (χ4n) is 6.30. The Balaban J connectivity index is 0.00000141. The van der Waals surface area contributed by atoms with Crippen LogP contribution in [0.3, 0.4) is 0 Å². The molecule has 0 atom stereocenters. The molecule has 2 aliphatic rings. The van der Waals surface area contributed by atoms with Crippen LogP contribution in [0.1, 0.15) is 89.9 Å². The van der Waals surface area contributed by atoms with Crippen LogP contribution in [0.5, 0.6) is 0 Å². The van der Waals surface area contributed by atoms with Crippen LogP contribution < -0.4 is 10.6 Å². The van der Waals surface area contributed by atoms with Crippen LogP contribution in [0.25, 0.3) is 11.5 Å². The van der Waals surface area contributed by atoms with Gasteiger partial charge < -0.3 is 41.2 Å². The number of benzene rings is 2. The summed E-state index contributed by atoms with van der Waals surface area (Å²) in [7, 11) is 0. The molecule has 6 rings (SSSR count). The minimum atomic E-state index is -0.0323. The number of amides is 2. The molecule has 0 bridgehead atoms. The standard InChI is InChI=1S/C28H32N6O2.2C6H12N.4CH3.2Pt/c35-27(29-25-11-5-3-6-12-25)21-33-19-17-31(23-33)15-9-1-2-10-16-32-18-20-34(24-32)22-28(36)30-26-13-7-4-8-14-26;2*7-6-4-2-1-3-5-6;;;;;;/h3-8,11-14,17-20H,1-2,9-10,15-16,21-22H2,(H,29,35)(H,30,36);2*6-7H,1-5H2;4*1H3;;/q;6*-1;;. The number of anilines is 2. The van der Waals surface area contributed by atoms with Gasteiger partial charge in [0.05, 0.1) is 0 Å². The van der Waals surface area contributed by atoms with Gasteiger partial charge in [0.2, 0.25) is 0 Å². The Labute approximate surface area is 360 Å². The summed E-state index contributed by atoms with van der Waals surface area (Å²) < 4.78 is 10.5. The number of carbonyl (C=O) groups is 2. The summed E-state index contributed by atoms with van der Waals surface area (Å²) in [5.74, 6) is -0.0647. The molecule has 2 aliphatic carbocycles. The smallest absolute Gasteiger partial charge is 0.0534 e. The van der Waals surface area contributed by atoms with Gasteiger partial charge in [0, 0.05) is 0 Å². The second kappa shape index (κ2) is 30.2. The van der Waals surface area contributed by atoms with Crippen LogP contribution in [0.15, 0.2) is 85.5 Å². The van der Waals surface area contributed by atoms with Crippen molar-refractivity contribution in [1.82, 2.24) is 18.3 Å². The zero-order valence-electron chi connectivity index (χ0n) is 34.2. The molecular weight excluding hydrogens is 1060 g/mol. The Kier molecular flexibility index (Phi) is 28.6. The molecule has 2 aromatic carbocycles. The summed E-state index contributed by atoms with van der Waals surface area (Å²) in [5.41, 5.74) is 16.2. The van der Waals surface area contributed by atoms with Crippen LogP contribution >= 0.6 is 0 Å². The third-order valence-corrected chi connectivity index (χ3v) is 11.8. The van der Waals surface area contributed by atoms with Crippen molar-refractivity contribution in [3.63, 3.8) is 0 Å². The van der Waals surface area contributed by atoms with Gasteiger partial charge in [-0.3, -0.25) is 0 Å². The van der Waals surface area contributed by atoms with Crippen molar-refractivity contribution in [2.75, 3.05) is 10.6 Å². The van der Waals surface area contributed by atoms with Crippen LogP contribution in [-0.4, -0.2) is 42.2 Å². The van der Waals surface area contributed by atoms with E-state index in [0.29, 0.717) is 13.1 Å². The molecule has 2 saturated carbocycles. The predicted molar refractivity (Wildman–Crippen MR) is 228 cm³/mol. The molecule has 0 spiro atoms. The Morgan fingerprint density at radius 3 is 1.14 bits per heavy atom. The topological polar surface area (TPSA) is 126 Å². The van der Waals surface area contributed by atoms with E-state index in [-0.39, 0.29) is 53.6 Å². The average Bonchev–Trinajstić information content (AvgIpc) is 3.67. The predicted octanol–water partition coefficient (Wildman–Crippen LogP) is 11.1. The van der Waals surface area contributed by atoms with E-state index in [1.54, 1.807) is 0 Å². The second-order valence-electron chi connectivity index (χ2n) is 13.6. The summed E-state index contributed by atoms with van der Waals surface area (Å²) in [4.78, 5) is 24.8. The molecule has 10 nitrogen and oxygen atoms in total. The van der Waals surface area contributed by atoms with E-state index >= 15 is 0 Å². The van der Waals surface area contributed by atoms with E-state index in [2.05, 4.69) is 58.5 Å². The molecule has 4 aromatic rings. The largest absolute Gasteiger partial charge is 0.675 e. The molecule has 56 heavy (non-hydrogen) atoms. The number of nitrogens with one attached hydrogen (secondary N) is 4. The summed E-state index contributed by atoms with van der Waals surface area (Å²) in [6.07, 6.45) is 25.0. The molecule has 12 heteroatoms. The van der Waals surface area contributed by atoms with Gasteiger partial charge in [0.1, 0.15) is 0 Å². The molecule has 2 amide bonds. The van der Waals surface area contributed by atoms with Gasteiger partial charge in [-0.2, -0.15) is 0 Å². The molecule has 0 radical (unpaired) electrons. The van der Waals surface area contributed by atoms with Crippen molar-refractivity contribution in [2.45, 2.75) is 128 Å². The molecule has 0 aliphatic heterocycles. The van der Waals surface area contributed by atoms with E-state index in [4.69, 9.17) is 11.5 Å². The minimum absolute atomic E-state index is 0. The third kappa shape index (κ3) is 20.0.